The van der Waals surface area contributed by atoms with Gasteiger partial charge in [0, 0.05) is 5.69 Å². The van der Waals surface area contributed by atoms with Crippen molar-refractivity contribution in [3.05, 3.63) is 30.3 Å². The molecule has 0 aliphatic rings. The van der Waals surface area contributed by atoms with Gasteiger partial charge in [-0.25, -0.2) is 0 Å². The minimum atomic E-state index is -4.43. The van der Waals surface area contributed by atoms with Crippen LogP contribution in [0.4, 0.5) is 18.9 Å². The van der Waals surface area contributed by atoms with Crippen molar-refractivity contribution in [1.82, 2.24) is 5.32 Å². The van der Waals surface area contributed by atoms with Crippen LogP contribution in [-0.4, -0.2) is 25.2 Å². The Bertz CT molecular complexity index is 365. The summed E-state index contributed by atoms with van der Waals surface area (Å²) in [7, 11) is 1.17. The van der Waals surface area contributed by atoms with Crippen LogP contribution < -0.4 is 10.6 Å². The van der Waals surface area contributed by atoms with Crippen LogP contribution in [0.5, 0.6) is 0 Å². The van der Waals surface area contributed by atoms with Gasteiger partial charge >= 0.3 is 6.18 Å². The Morgan fingerprint density at radius 2 is 1.88 bits per heavy atom. The molecular formula is C11H13F3N2O. The van der Waals surface area contributed by atoms with Gasteiger partial charge in [-0.1, -0.05) is 18.2 Å². The minimum absolute atomic E-state index is 0.481. The molecule has 2 N–H and O–H groups in total. The number of benzene rings is 1. The van der Waals surface area contributed by atoms with Gasteiger partial charge in [-0.2, -0.15) is 13.2 Å². The standard InChI is InChI=1S/C11H13F3N2O/c1-15-9(11(12,13)14)7-10(17)16-8-5-3-2-4-6-8/h2-6,9,15H,7H2,1H3,(H,16,17). The van der Waals surface area contributed by atoms with E-state index in [4.69, 9.17) is 0 Å². The third-order valence-electron chi connectivity index (χ3n) is 2.19. The maximum Gasteiger partial charge on any atom is 0.404 e. The molecule has 0 aliphatic heterocycles. The second-order valence-corrected chi connectivity index (χ2v) is 3.50. The molecule has 0 fully saturated rings. The van der Waals surface area contributed by atoms with Gasteiger partial charge in [0.15, 0.2) is 0 Å². The molecule has 1 atom stereocenters. The van der Waals surface area contributed by atoms with Crippen molar-refractivity contribution in [1.29, 1.82) is 0 Å². The molecule has 0 aliphatic carbocycles. The predicted molar refractivity (Wildman–Crippen MR) is 58.6 cm³/mol. The highest BCUT2D eigenvalue weighted by Crippen LogP contribution is 2.22. The summed E-state index contributed by atoms with van der Waals surface area (Å²) < 4.78 is 37.1. The molecule has 17 heavy (non-hydrogen) atoms. The number of halogens is 3. The van der Waals surface area contributed by atoms with Crippen LogP contribution in [0.1, 0.15) is 6.42 Å². The van der Waals surface area contributed by atoms with Crippen LogP contribution in [0.15, 0.2) is 30.3 Å². The van der Waals surface area contributed by atoms with E-state index in [-0.39, 0.29) is 0 Å². The number of rotatable bonds is 4. The highest BCUT2D eigenvalue weighted by Gasteiger charge is 2.39. The Labute approximate surface area is 97.0 Å². The van der Waals surface area contributed by atoms with E-state index >= 15 is 0 Å². The quantitative estimate of drug-likeness (QED) is 0.854. The predicted octanol–water partition coefficient (Wildman–Crippen LogP) is 2.17. The fraction of sp³-hybridized carbons (Fsp3) is 0.364. The van der Waals surface area contributed by atoms with Crippen LogP contribution >= 0.6 is 0 Å². The molecular weight excluding hydrogens is 233 g/mol. The summed E-state index contributed by atoms with van der Waals surface area (Å²) in [4.78, 5) is 11.4. The van der Waals surface area contributed by atoms with Crippen molar-refractivity contribution in [2.45, 2.75) is 18.6 Å². The monoisotopic (exact) mass is 246 g/mol. The van der Waals surface area contributed by atoms with Crippen molar-refractivity contribution in [2.75, 3.05) is 12.4 Å². The Kier molecular flexibility index (Phi) is 4.51. The van der Waals surface area contributed by atoms with Crippen molar-refractivity contribution in [3.8, 4) is 0 Å². The van der Waals surface area contributed by atoms with Gasteiger partial charge in [-0.15, -0.1) is 0 Å². The molecule has 94 valence electrons. The first kappa shape index (κ1) is 13.5. The van der Waals surface area contributed by atoms with E-state index in [2.05, 4.69) is 10.6 Å². The van der Waals surface area contributed by atoms with Crippen LogP contribution in [0.2, 0.25) is 0 Å². The minimum Gasteiger partial charge on any atom is -0.326 e. The van der Waals surface area contributed by atoms with E-state index in [9.17, 15) is 18.0 Å². The Morgan fingerprint density at radius 3 is 2.35 bits per heavy atom. The molecule has 0 heterocycles. The van der Waals surface area contributed by atoms with Gasteiger partial charge in [0.05, 0.1) is 6.42 Å². The second kappa shape index (κ2) is 5.67. The van der Waals surface area contributed by atoms with Crippen molar-refractivity contribution in [2.24, 2.45) is 0 Å². The summed E-state index contributed by atoms with van der Waals surface area (Å²) in [6.07, 6.45) is -5.07. The lowest BCUT2D eigenvalue weighted by Crippen LogP contribution is -2.42. The number of hydrogen-bond acceptors (Lipinski definition) is 2. The van der Waals surface area contributed by atoms with Crippen molar-refractivity contribution < 1.29 is 18.0 Å². The molecule has 3 nitrogen and oxygen atoms in total. The molecule has 0 radical (unpaired) electrons. The first-order valence-electron chi connectivity index (χ1n) is 5.02. The zero-order chi connectivity index (χ0) is 12.9. The van der Waals surface area contributed by atoms with Crippen LogP contribution in [0.25, 0.3) is 0 Å². The van der Waals surface area contributed by atoms with Crippen LogP contribution in [0, 0.1) is 0 Å². The molecule has 0 saturated carbocycles. The van der Waals surface area contributed by atoms with Crippen molar-refractivity contribution in [3.63, 3.8) is 0 Å². The molecule has 1 unspecified atom stereocenters. The van der Waals surface area contributed by atoms with Gasteiger partial charge in [-0.3, -0.25) is 4.79 Å². The van der Waals surface area contributed by atoms with E-state index in [0.29, 0.717) is 5.69 Å². The number of nitrogens with one attached hydrogen (secondary N) is 2. The number of hydrogen-bond donors (Lipinski definition) is 2. The lowest BCUT2D eigenvalue weighted by Gasteiger charge is -2.18. The summed E-state index contributed by atoms with van der Waals surface area (Å²) in [5, 5.41) is 4.47. The lowest BCUT2D eigenvalue weighted by atomic mass is 10.2. The normalized spacial score (nSPS) is 13.2. The van der Waals surface area contributed by atoms with E-state index in [0.717, 1.165) is 0 Å². The highest BCUT2D eigenvalue weighted by molar-refractivity contribution is 5.91. The van der Waals surface area contributed by atoms with E-state index < -0.39 is 24.5 Å². The van der Waals surface area contributed by atoms with Crippen LogP contribution in [-0.2, 0) is 4.79 Å². The van der Waals surface area contributed by atoms with E-state index in [1.54, 1.807) is 30.3 Å². The molecule has 0 aromatic heterocycles. The van der Waals surface area contributed by atoms with Gasteiger partial charge in [0.1, 0.15) is 6.04 Å². The van der Waals surface area contributed by atoms with E-state index in [1.165, 1.54) is 7.05 Å². The smallest absolute Gasteiger partial charge is 0.326 e. The first-order valence-corrected chi connectivity index (χ1v) is 5.02. The van der Waals surface area contributed by atoms with Gasteiger partial charge in [-0.05, 0) is 19.2 Å². The third-order valence-corrected chi connectivity index (χ3v) is 2.19. The largest absolute Gasteiger partial charge is 0.404 e. The summed E-state index contributed by atoms with van der Waals surface area (Å²) in [6.45, 7) is 0. The molecule has 6 heteroatoms. The Balaban J connectivity index is 2.55. The molecule has 0 spiro atoms. The van der Waals surface area contributed by atoms with Gasteiger partial charge < -0.3 is 10.6 Å². The average Bonchev–Trinajstić information content (AvgIpc) is 2.25. The number of carbonyl (C=O) groups is 1. The van der Waals surface area contributed by atoms with Crippen LogP contribution in [0.3, 0.4) is 0 Å². The fourth-order valence-electron chi connectivity index (χ4n) is 1.30. The number of amides is 1. The molecule has 1 amide bonds. The molecule has 0 saturated heterocycles. The maximum atomic E-state index is 12.4. The van der Waals surface area contributed by atoms with Crippen molar-refractivity contribution >= 4 is 11.6 Å². The molecule has 0 bridgehead atoms. The summed E-state index contributed by atoms with van der Waals surface area (Å²) in [6, 6.07) is 6.52. The van der Waals surface area contributed by atoms with Gasteiger partial charge in [0.25, 0.3) is 0 Å². The molecule has 1 aromatic carbocycles. The second-order valence-electron chi connectivity index (χ2n) is 3.50. The number of alkyl halides is 3. The number of carbonyl (C=O) groups excluding carboxylic acids is 1. The topological polar surface area (TPSA) is 41.1 Å². The SMILES string of the molecule is CNC(CC(=O)Nc1ccccc1)C(F)(F)F. The lowest BCUT2D eigenvalue weighted by molar-refractivity contribution is -0.159. The third kappa shape index (κ3) is 4.44. The number of para-hydroxylation sites is 1. The van der Waals surface area contributed by atoms with E-state index in [1.807, 2.05) is 0 Å². The highest BCUT2D eigenvalue weighted by atomic mass is 19.4. The van der Waals surface area contributed by atoms with Gasteiger partial charge in [0.2, 0.25) is 5.91 Å². The summed E-state index contributed by atoms with van der Waals surface area (Å²) >= 11 is 0. The Hall–Kier alpha value is -1.56. The number of anilines is 1. The molecule has 1 aromatic rings. The molecule has 1 rings (SSSR count). The summed E-state index contributed by atoms with van der Waals surface area (Å²) in [5.74, 6) is -0.673. The fourth-order valence-corrected chi connectivity index (χ4v) is 1.30. The average molecular weight is 246 g/mol. The Morgan fingerprint density at radius 1 is 1.29 bits per heavy atom. The summed E-state index contributed by atoms with van der Waals surface area (Å²) in [5.41, 5.74) is 0.481. The zero-order valence-electron chi connectivity index (χ0n) is 9.21. The maximum absolute atomic E-state index is 12.4. The zero-order valence-corrected chi connectivity index (χ0v) is 9.21. The first-order chi connectivity index (χ1) is 7.93.